The molecule has 1 aromatic heterocycles. The van der Waals surface area contributed by atoms with Crippen LogP contribution in [0.3, 0.4) is 0 Å². The Hall–Kier alpha value is -2.16. The zero-order valence-corrected chi connectivity index (χ0v) is 11.0. The van der Waals surface area contributed by atoms with Crippen molar-refractivity contribution in [2.45, 2.75) is 12.6 Å². The average molecular weight is 279 g/mol. The topological polar surface area (TPSA) is 109 Å². The molecule has 108 valence electrons. The number of nitrogens with zero attached hydrogens (tertiary/aromatic N) is 5. The van der Waals surface area contributed by atoms with E-state index in [0.29, 0.717) is 45.0 Å². The summed E-state index contributed by atoms with van der Waals surface area (Å²) in [6.45, 7) is 3.18. The number of nitrogens with two attached hydrogens (primary N) is 1. The second kappa shape index (κ2) is 5.08. The Morgan fingerprint density at radius 3 is 3.15 bits per heavy atom. The van der Waals surface area contributed by atoms with Crippen LogP contribution in [0.25, 0.3) is 0 Å². The Bertz CT molecular complexity index is 529. The van der Waals surface area contributed by atoms with Crippen LogP contribution >= 0.6 is 0 Å². The highest BCUT2D eigenvalue weighted by Crippen LogP contribution is 2.15. The zero-order valence-electron chi connectivity index (χ0n) is 11.0. The van der Waals surface area contributed by atoms with Gasteiger partial charge in [0.1, 0.15) is 0 Å². The molecule has 2 aliphatic heterocycles. The molecule has 0 spiro atoms. The molecule has 20 heavy (non-hydrogen) atoms. The fraction of sp³-hybridized carbons (Fsp3) is 0.636. The van der Waals surface area contributed by atoms with Crippen LogP contribution in [-0.2, 0) is 6.54 Å². The van der Waals surface area contributed by atoms with Gasteiger partial charge in [-0.25, -0.2) is 4.79 Å². The van der Waals surface area contributed by atoms with E-state index in [1.54, 1.807) is 20.7 Å². The molecule has 0 aliphatic carbocycles. The van der Waals surface area contributed by atoms with Crippen LogP contribution in [0.4, 0.5) is 4.79 Å². The summed E-state index contributed by atoms with van der Waals surface area (Å²) in [4.78, 5) is 27.3. The minimum absolute atomic E-state index is 0.0454. The number of urea groups is 1. The van der Waals surface area contributed by atoms with Gasteiger partial charge in [-0.3, -0.25) is 9.48 Å². The average Bonchev–Trinajstić information content (AvgIpc) is 3.06. The number of hydrogen-bond donors (Lipinski definition) is 2. The molecule has 2 aliphatic rings. The number of fused-ring (bicyclic) bond motifs is 1. The van der Waals surface area contributed by atoms with Crippen molar-refractivity contribution in [2.75, 3.05) is 32.7 Å². The van der Waals surface area contributed by atoms with E-state index in [9.17, 15) is 9.59 Å². The van der Waals surface area contributed by atoms with Crippen molar-refractivity contribution in [3.63, 3.8) is 0 Å². The number of carbonyl (C=O) groups excluding carboxylic acids is 2. The third kappa shape index (κ3) is 2.20. The van der Waals surface area contributed by atoms with E-state index in [1.165, 1.54) is 0 Å². The third-order valence-corrected chi connectivity index (χ3v) is 3.64. The van der Waals surface area contributed by atoms with E-state index in [0.717, 1.165) is 0 Å². The fourth-order valence-electron chi connectivity index (χ4n) is 2.59. The first kappa shape index (κ1) is 12.9. The van der Waals surface area contributed by atoms with Crippen molar-refractivity contribution in [3.8, 4) is 0 Å². The maximum Gasteiger partial charge on any atom is 0.317 e. The van der Waals surface area contributed by atoms with Gasteiger partial charge in [0, 0.05) is 32.7 Å². The Balaban J connectivity index is 1.67. The first-order valence-corrected chi connectivity index (χ1v) is 6.63. The fourth-order valence-corrected chi connectivity index (χ4v) is 2.59. The lowest BCUT2D eigenvalue weighted by atomic mass is 10.2. The lowest BCUT2D eigenvalue weighted by molar-refractivity contribution is 0.0611. The smallest absolute Gasteiger partial charge is 0.317 e. The summed E-state index contributed by atoms with van der Waals surface area (Å²) in [5.41, 5.74) is 5.76. The first-order chi connectivity index (χ1) is 9.69. The number of amides is 3. The number of aromatic nitrogens is 3. The van der Waals surface area contributed by atoms with Crippen molar-refractivity contribution in [1.29, 1.82) is 0 Å². The van der Waals surface area contributed by atoms with Crippen LogP contribution in [-0.4, -0.2) is 75.5 Å². The molecule has 3 amide bonds. The van der Waals surface area contributed by atoms with Crippen LogP contribution < -0.4 is 11.1 Å². The predicted octanol–water partition coefficient (Wildman–Crippen LogP) is -1.91. The van der Waals surface area contributed by atoms with Gasteiger partial charge in [0.05, 0.1) is 18.8 Å². The van der Waals surface area contributed by atoms with Gasteiger partial charge in [-0.05, 0) is 0 Å². The second-order valence-electron chi connectivity index (χ2n) is 4.94. The summed E-state index contributed by atoms with van der Waals surface area (Å²) in [5, 5.41) is 10.5. The molecule has 0 aromatic carbocycles. The Morgan fingerprint density at radius 1 is 1.50 bits per heavy atom. The van der Waals surface area contributed by atoms with Crippen molar-refractivity contribution >= 4 is 11.9 Å². The number of hydrogen-bond acceptors (Lipinski definition) is 5. The molecule has 3 heterocycles. The molecule has 2 fully saturated rings. The monoisotopic (exact) mass is 279 g/mol. The number of piperazine rings is 1. The zero-order chi connectivity index (χ0) is 14.1. The Morgan fingerprint density at radius 2 is 2.35 bits per heavy atom. The summed E-state index contributed by atoms with van der Waals surface area (Å²) in [6.07, 6.45) is 1.61. The number of carbonyl (C=O) groups is 2. The van der Waals surface area contributed by atoms with Crippen molar-refractivity contribution in [1.82, 2.24) is 30.1 Å². The molecule has 1 unspecified atom stereocenters. The highest BCUT2D eigenvalue weighted by molar-refractivity contribution is 5.92. The molecule has 2 saturated heterocycles. The standard InChI is InChI=1S/C11H17N7O2/c12-1-2-17-7-9(14-15-17)10(19)16-3-4-18-8(6-16)5-13-11(18)20/h7-8H,1-6,12H2,(H,13,20). The van der Waals surface area contributed by atoms with Gasteiger partial charge >= 0.3 is 6.03 Å². The summed E-state index contributed by atoms with van der Waals surface area (Å²) in [7, 11) is 0. The molecule has 1 atom stereocenters. The third-order valence-electron chi connectivity index (χ3n) is 3.64. The summed E-state index contributed by atoms with van der Waals surface area (Å²) >= 11 is 0. The van der Waals surface area contributed by atoms with Gasteiger partial charge in [0.25, 0.3) is 5.91 Å². The van der Waals surface area contributed by atoms with Crippen LogP contribution in [0.2, 0.25) is 0 Å². The van der Waals surface area contributed by atoms with E-state index in [2.05, 4.69) is 15.6 Å². The van der Waals surface area contributed by atoms with Gasteiger partial charge in [-0.2, -0.15) is 0 Å². The van der Waals surface area contributed by atoms with Gasteiger partial charge in [0.2, 0.25) is 0 Å². The minimum Gasteiger partial charge on any atom is -0.336 e. The van der Waals surface area contributed by atoms with Gasteiger partial charge < -0.3 is 20.9 Å². The first-order valence-electron chi connectivity index (χ1n) is 6.63. The van der Waals surface area contributed by atoms with Crippen LogP contribution in [0.15, 0.2) is 6.20 Å². The molecule has 3 rings (SSSR count). The molecule has 0 radical (unpaired) electrons. The van der Waals surface area contributed by atoms with Gasteiger partial charge in [-0.1, -0.05) is 5.21 Å². The predicted molar refractivity (Wildman–Crippen MR) is 68.9 cm³/mol. The summed E-state index contributed by atoms with van der Waals surface area (Å²) in [5.74, 6) is -0.146. The van der Waals surface area contributed by atoms with E-state index < -0.39 is 0 Å². The molecule has 0 bridgehead atoms. The van der Waals surface area contributed by atoms with E-state index in [-0.39, 0.29) is 18.0 Å². The van der Waals surface area contributed by atoms with Crippen molar-refractivity contribution in [2.24, 2.45) is 5.73 Å². The van der Waals surface area contributed by atoms with Crippen LogP contribution in [0, 0.1) is 0 Å². The number of rotatable bonds is 3. The molecule has 9 nitrogen and oxygen atoms in total. The minimum atomic E-state index is -0.146. The molecule has 3 N–H and O–H groups in total. The second-order valence-corrected chi connectivity index (χ2v) is 4.94. The molecule has 9 heteroatoms. The quantitative estimate of drug-likeness (QED) is 0.671. The van der Waals surface area contributed by atoms with Crippen molar-refractivity contribution < 1.29 is 9.59 Å². The molecule has 1 aromatic rings. The van der Waals surface area contributed by atoms with E-state index in [4.69, 9.17) is 5.73 Å². The number of nitrogens with one attached hydrogen (secondary N) is 1. The van der Waals surface area contributed by atoms with E-state index in [1.807, 2.05) is 0 Å². The van der Waals surface area contributed by atoms with Crippen LogP contribution in [0.1, 0.15) is 10.5 Å². The largest absolute Gasteiger partial charge is 0.336 e. The molecular formula is C11H17N7O2. The highest BCUT2D eigenvalue weighted by Gasteiger charge is 2.37. The SMILES string of the molecule is NCCn1cc(C(=O)N2CCN3C(=O)NCC3C2)nn1. The maximum atomic E-state index is 12.3. The Kier molecular flexibility index (Phi) is 3.26. The highest BCUT2D eigenvalue weighted by atomic mass is 16.2. The van der Waals surface area contributed by atoms with Gasteiger partial charge in [0.15, 0.2) is 5.69 Å². The molecular weight excluding hydrogens is 262 g/mol. The van der Waals surface area contributed by atoms with Crippen molar-refractivity contribution in [3.05, 3.63) is 11.9 Å². The lowest BCUT2D eigenvalue weighted by Crippen LogP contribution is -2.53. The summed E-state index contributed by atoms with van der Waals surface area (Å²) in [6, 6.07) is 0.00951. The molecule has 0 saturated carbocycles. The summed E-state index contributed by atoms with van der Waals surface area (Å²) < 4.78 is 1.56. The normalized spacial score (nSPS) is 21.9. The van der Waals surface area contributed by atoms with Crippen LogP contribution in [0.5, 0.6) is 0 Å². The van der Waals surface area contributed by atoms with E-state index >= 15 is 0 Å². The Labute approximate surface area is 115 Å². The lowest BCUT2D eigenvalue weighted by Gasteiger charge is -2.35. The van der Waals surface area contributed by atoms with Gasteiger partial charge in [-0.15, -0.1) is 5.10 Å². The maximum absolute atomic E-state index is 12.3.